The minimum absolute atomic E-state index is 0.564. The average molecular weight is 224 g/mol. The van der Waals surface area contributed by atoms with Crippen LogP contribution in [0.5, 0.6) is 0 Å². The average Bonchev–Trinajstić information content (AvgIpc) is 2.68. The fourth-order valence-corrected chi connectivity index (χ4v) is 1.95. The summed E-state index contributed by atoms with van der Waals surface area (Å²) in [6.07, 6.45) is 4.31. The second-order valence-corrected chi connectivity index (χ2v) is 4.31. The van der Waals surface area contributed by atoms with Crippen LogP contribution in [0.2, 0.25) is 0 Å². The molecular formula is C13H24N2O. The largest absolute Gasteiger partial charge is 0.361 e. The number of aryl methyl sites for hydroxylation is 2. The molecule has 1 aromatic heterocycles. The van der Waals surface area contributed by atoms with Crippen LogP contribution in [0.25, 0.3) is 0 Å². The molecule has 1 aromatic rings. The Hall–Kier alpha value is -0.830. The predicted octanol–water partition coefficient (Wildman–Crippen LogP) is 3.08. The Morgan fingerprint density at radius 3 is 2.56 bits per heavy atom. The molecule has 3 nitrogen and oxygen atoms in total. The van der Waals surface area contributed by atoms with E-state index in [2.05, 4.69) is 38.2 Å². The van der Waals surface area contributed by atoms with E-state index in [0.717, 1.165) is 30.8 Å². The van der Waals surface area contributed by atoms with Crippen molar-refractivity contribution in [3.8, 4) is 0 Å². The highest BCUT2D eigenvalue weighted by atomic mass is 16.5. The molecule has 0 saturated carbocycles. The van der Waals surface area contributed by atoms with Crippen LogP contribution in [0.3, 0.4) is 0 Å². The maximum atomic E-state index is 5.34. The van der Waals surface area contributed by atoms with Crippen molar-refractivity contribution in [2.24, 2.45) is 0 Å². The van der Waals surface area contributed by atoms with Gasteiger partial charge in [0.15, 0.2) is 0 Å². The number of rotatable bonds is 7. The lowest BCUT2D eigenvalue weighted by molar-refractivity contribution is 0.379. The molecule has 0 aliphatic rings. The van der Waals surface area contributed by atoms with Gasteiger partial charge in [-0.3, -0.25) is 0 Å². The number of aromatic nitrogens is 1. The maximum Gasteiger partial charge on any atom is 0.141 e. The molecule has 0 bridgehead atoms. The first-order valence-electron chi connectivity index (χ1n) is 6.42. The van der Waals surface area contributed by atoms with Crippen molar-refractivity contribution in [3.05, 3.63) is 17.0 Å². The second-order valence-electron chi connectivity index (χ2n) is 4.31. The molecule has 0 spiro atoms. The molecule has 0 aliphatic carbocycles. The molecule has 0 fully saturated rings. The normalized spacial score (nSPS) is 13.0. The SMILES string of the molecule is CCCC(C)NCc1c(CC)noc1CC. The number of nitrogens with one attached hydrogen (secondary N) is 1. The van der Waals surface area contributed by atoms with Gasteiger partial charge in [-0.2, -0.15) is 0 Å². The molecule has 0 aliphatic heterocycles. The summed E-state index contributed by atoms with van der Waals surface area (Å²) in [7, 11) is 0. The number of hydrogen-bond donors (Lipinski definition) is 1. The predicted molar refractivity (Wildman–Crippen MR) is 66.5 cm³/mol. The molecule has 0 amide bonds. The lowest BCUT2D eigenvalue weighted by Crippen LogP contribution is -2.25. The smallest absolute Gasteiger partial charge is 0.141 e. The van der Waals surface area contributed by atoms with Crippen LogP contribution < -0.4 is 5.32 Å². The number of hydrogen-bond acceptors (Lipinski definition) is 3. The third-order valence-corrected chi connectivity index (χ3v) is 2.96. The third-order valence-electron chi connectivity index (χ3n) is 2.96. The Balaban J connectivity index is 2.60. The zero-order valence-electron chi connectivity index (χ0n) is 11.0. The van der Waals surface area contributed by atoms with Crippen molar-refractivity contribution >= 4 is 0 Å². The van der Waals surface area contributed by atoms with E-state index in [1.54, 1.807) is 0 Å². The molecule has 1 unspecified atom stereocenters. The van der Waals surface area contributed by atoms with Crippen LogP contribution in [0.1, 0.15) is 57.6 Å². The Morgan fingerprint density at radius 1 is 1.25 bits per heavy atom. The van der Waals surface area contributed by atoms with Crippen molar-refractivity contribution in [2.45, 2.75) is 66.0 Å². The molecular weight excluding hydrogens is 200 g/mol. The Kier molecular flexibility index (Phi) is 5.53. The van der Waals surface area contributed by atoms with E-state index >= 15 is 0 Å². The van der Waals surface area contributed by atoms with Crippen molar-refractivity contribution in [1.82, 2.24) is 10.5 Å². The molecule has 3 heteroatoms. The van der Waals surface area contributed by atoms with Crippen molar-refractivity contribution in [3.63, 3.8) is 0 Å². The van der Waals surface area contributed by atoms with Gasteiger partial charge in [0.1, 0.15) is 5.76 Å². The minimum atomic E-state index is 0.564. The molecule has 0 aromatic carbocycles. The summed E-state index contributed by atoms with van der Waals surface area (Å²) in [6, 6.07) is 0.564. The monoisotopic (exact) mass is 224 g/mol. The van der Waals surface area contributed by atoms with Gasteiger partial charge < -0.3 is 9.84 Å². The molecule has 1 rings (SSSR count). The van der Waals surface area contributed by atoms with Gasteiger partial charge in [0.2, 0.25) is 0 Å². The minimum Gasteiger partial charge on any atom is -0.361 e. The second kappa shape index (κ2) is 6.69. The van der Waals surface area contributed by atoms with E-state index in [4.69, 9.17) is 4.52 Å². The van der Waals surface area contributed by atoms with Gasteiger partial charge in [-0.1, -0.05) is 32.3 Å². The first-order valence-corrected chi connectivity index (χ1v) is 6.42. The van der Waals surface area contributed by atoms with E-state index in [1.165, 1.54) is 18.4 Å². The molecule has 0 radical (unpaired) electrons. The zero-order chi connectivity index (χ0) is 12.0. The van der Waals surface area contributed by atoms with E-state index in [-0.39, 0.29) is 0 Å². The summed E-state index contributed by atoms with van der Waals surface area (Å²) in [5.41, 5.74) is 2.38. The van der Waals surface area contributed by atoms with Crippen LogP contribution in [-0.2, 0) is 19.4 Å². The molecule has 16 heavy (non-hydrogen) atoms. The highest BCUT2D eigenvalue weighted by molar-refractivity contribution is 5.23. The summed E-state index contributed by atoms with van der Waals surface area (Å²) in [4.78, 5) is 0. The van der Waals surface area contributed by atoms with Gasteiger partial charge in [-0.25, -0.2) is 0 Å². The fraction of sp³-hybridized carbons (Fsp3) is 0.769. The van der Waals surface area contributed by atoms with Crippen LogP contribution in [-0.4, -0.2) is 11.2 Å². The molecule has 0 saturated heterocycles. The van der Waals surface area contributed by atoms with Crippen LogP contribution >= 0.6 is 0 Å². The highest BCUT2D eigenvalue weighted by Crippen LogP contribution is 2.15. The van der Waals surface area contributed by atoms with Crippen molar-refractivity contribution in [2.75, 3.05) is 0 Å². The van der Waals surface area contributed by atoms with Crippen LogP contribution in [0, 0.1) is 0 Å². The van der Waals surface area contributed by atoms with Gasteiger partial charge in [0, 0.05) is 24.6 Å². The van der Waals surface area contributed by atoms with Crippen LogP contribution in [0.15, 0.2) is 4.52 Å². The Labute approximate surface area is 98.6 Å². The van der Waals surface area contributed by atoms with Gasteiger partial charge in [-0.15, -0.1) is 0 Å². The summed E-state index contributed by atoms with van der Waals surface area (Å²) in [5.74, 6) is 1.04. The Morgan fingerprint density at radius 2 is 2.00 bits per heavy atom. The van der Waals surface area contributed by atoms with E-state index in [1.807, 2.05) is 0 Å². The van der Waals surface area contributed by atoms with Crippen molar-refractivity contribution in [1.29, 1.82) is 0 Å². The lowest BCUT2D eigenvalue weighted by Gasteiger charge is -2.12. The summed E-state index contributed by atoms with van der Waals surface area (Å²) >= 11 is 0. The first kappa shape index (κ1) is 13.2. The van der Waals surface area contributed by atoms with E-state index in [9.17, 15) is 0 Å². The summed E-state index contributed by atoms with van der Waals surface area (Å²) < 4.78 is 5.34. The van der Waals surface area contributed by atoms with Crippen LogP contribution in [0.4, 0.5) is 0 Å². The molecule has 92 valence electrons. The summed E-state index contributed by atoms with van der Waals surface area (Å²) in [5, 5.41) is 7.65. The van der Waals surface area contributed by atoms with Gasteiger partial charge >= 0.3 is 0 Å². The molecule has 1 atom stereocenters. The number of nitrogens with zero attached hydrogens (tertiary/aromatic N) is 1. The maximum absolute atomic E-state index is 5.34. The quantitative estimate of drug-likeness (QED) is 0.773. The summed E-state index contributed by atoms with van der Waals surface area (Å²) in [6.45, 7) is 9.56. The molecule has 1 N–H and O–H groups in total. The third kappa shape index (κ3) is 3.34. The molecule has 1 heterocycles. The Bertz CT molecular complexity index is 285. The van der Waals surface area contributed by atoms with E-state index < -0.39 is 0 Å². The van der Waals surface area contributed by atoms with Gasteiger partial charge in [0.05, 0.1) is 5.69 Å². The highest BCUT2D eigenvalue weighted by Gasteiger charge is 2.13. The standard InChI is InChI=1S/C13H24N2O/c1-5-8-10(4)14-9-11-12(6-2)15-16-13(11)7-3/h10,14H,5-9H2,1-4H3. The van der Waals surface area contributed by atoms with Gasteiger partial charge in [0.25, 0.3) is 0 Å². The fourth-order valence-electron chi connectivity index (χ4n) is 1.95. The van der Waals surface area contributed by atoms with E-state index in [0.29, 0.717) is 6.04 Å². The van der Waals surface area contributed by atoms with Crippen molar-refractivity contribution < 1.29 is 4.52 Å². The zero-order valence-corrected chi connectivity index (χ0v) is 11.0. The van der Waals surface area contributed by atoms with Gasteiger partial charge in [-0.05, 0) is 19.8 Å². The first-order chi connectivity index (χ1) is 7.72. The lowest BCUT2D eigenvalue weighted by atomic mass is 10.1. The topological polar surface area (TPSA) is 38.1 Å².